The predicted octanol–water partition coefficient (Wildman–Crippen LogP) is 2.30. The minimum atomic E-state index is -0.544. The number of hydrogen-bond donors (Lipinski definition) is 2. The van der Waals surface area contributed by atoms with Crippen LogP contribution in [0, 0.1) is 11.2 Å². The highest BCUT2D eigenvalue weighted by Crippen LogP contribution is 2.32. The van der Waals surface area contributed by atoms with E-state index in [1.807, 2.05) is 20.8 Å². The fourth-order valence-corrected chi connectivity index (χ4v) is 2.39. The number of aryl methyl sites for hydroxylation is 1. The second-order valence-electron chi connectivity index (χ2n) is 6.29. The second kappa shape index (κ2) is 4.93. The zero-order valence-electron chi connectivity index (χ0n) is 11.7. The molecular weight excluding hydrogens is 243 g/mol. The number of amides is 1. The summed E-state index contributed by atoms with van der Waals surface area (Å²) >= 11 is 0. The number of carbonyl (C=O) groups is 1. The molecule has 3 N–H and O–H groups in total. The van der Waals surface area contributed by atoms with Crippen molar-refractivity contribution in [2.75, 3.05) is 0 Å². The van der Waals surface area contributed by atoms with Gasteiger partial charge in [0.25, 0.3) is 0 Å². The molecule has 19 heavy (non-hydrogen) atoms. The van der Waals surface area contributed by atoms with Crippen LogP contribution in [0.4, 0.5) is 4.39 Å². The van der Waals surface area contributed by atoms with Gasteiger partial charge < -0.3 is 11.1 Å². The number of hydrogen-bond acceptors (Lipinski definition) is 2. The quantitative estimate of drug-likeness (QED) is 0.861. The number of halogens is 1. The third-order valence-corrected chi connectivity index (χ3v) is 3.71. The van der Waals surface area contributed by atoms with Gasteiger partial charge in [-0.15, -0.1) is 0 Å². The summed E-state index contributed by atoms with van der Waals surface area (Å²) in [7, 11) is 0. The van der Waals surface area contributed by atoms with Crippen molar-refractivity contribution in [3.63, 3.8) is 0 Å². The fraction of sp³-hybridized carbons (Fsp3) is 0.533. The normalized spacial score (nSPS) is 19.9. The SMILES string of the molecule is CC(C)(C)[C@H](N)C(=O)NC1CCc2cc(F)ccc21. The number of rotatable bonds is 2. The van der Waals surface area contributed by atoms with Crippen molar-refractivity contribution in [3.05, 3.63) is 35.1 Å². The first-order valence-corrected chi connectivity index (χ1v) is 6.63. The summed E-state index contributed by atoms with van der Waals surface area (Å²) in [6.07, 6.45) is 1.60. The average Bonchev–Trinajstić information content (AvgIpc) is 2.69. The van der Waals surface area contributed by atoms with Gasteiger partial charge in [-0.25, -0.2) is 4.39 Å². The summed E-state index contributed by atoms with van der Waals surface area (Å²) in [6, 6.07) is 4.15. The third kappa shape index (κ3) is 2.95. The van der Waals surface area contributed by atoms with Crippen molar-refractivity contribution in [2.24, 2.45) is 11.1 Å². The molecule has 1 aromatic carbocycles. The summed E-state index contributed by atoms with van der Waals surface area (Å²) in [5.41, 5.74) is 7.67. The Morgan fingerprint density at radius 2 is 2.16 bits per heavy atom. The standard InChI is InChI=1S/C15H21FN2O/c1-15(2,3)13(17)14(19)18-12-7-4-9-8-10(16)5-6-11(9)12/h5-6,8,12-13H,4,7,17H2,1-3H3,(H,18,19)/t12?,13-/m1/s1. The molecule has 1 aliphatic rings. The van der Waals surface area contributed by atoms with Gasteiger partial charge in [-0.3, -0.25) is 4.79 Å². The Morgan fingerprint density at radius 3 is 2.79 bits per heavy atom. The molecule has 1 unspecified atom stereocenters. The van der Waals surface area contributed by atoms with Gasteiger partial charge in [0.2, 0.25) is 5.91 Å². The lowest BCUT2D eigenvalue weighted by Gasteiger charge is -2.27. The lowest BCUT2D eigenvalue weighted by atomic mass is 9.86. The third-order valence-electron chi connectivity index (χ3n) is 3.71. The van der Waals surface area contributed by atoms with Crippen molar-refractivity contribution >= 4 is 5.91 Å². The Hall–Kier alpha value is -1.42. The molecule has 0 saturated heterocycles. The van der Waals surface area contributed by atoms with E-state index < -0.39 is 6.04 Å². The predicted molar refractivity (Wildman–Crippen MR) is 73.0 cm³/mol. The molecule has 1 amide bonds. The molecule has 0 spiro atoms. The number of carbonyl (C=O) groups excluding carboxylic acids is 1. The van der Waals surface area contributed by atoms with Crippen LogP contribution in [0.3, 0.4) is 0 Å². The van der Waals surface area contributed by atoms with Crippen LogP contribution in [0.25, 0.3) is 0 Å². The van der Waals surface area contributed by atoms with E-state index in [4.69, 9.17) is 5.73 Å². The van der Waals surface area contributed by atoms with Crippen LogP contribution in [-0.4, -0.2) is 11.9 Å². The van der Waals surface area contributed by atoms with Crippen LogP contribution < -0.4 is 11.1 Å². The largest absolute Gasteiger partial charge is 0.348 e. The summed E-state index contributed by atoms with van der Waals surface area (Å²) in [5.74, 6) is -0.369. The molecule has 0 bridgehead atoms. The molecule has 1 aliphatic carbocycles. The Morgan fingerprint density at radius 1 is 1.47 bits per heavy atom. The Bertz CT molecular complexity index is 493. The maximum atomic E-state index is 13.1. The van der Waals surface area contributed by atoms with E-state index >= 15 is 0 Å². The monoisotopic (exact) mass is 264 g/mol. The second-order valence-corrected chi connectivity index (χ2v) is 6.29. The molecule has 0 fully saturated rings. The highest BCUT2D eigenvalue weighted by molar-refractivity contribution is 5.82. The van der Waals surface area contributed by atoms with E-state index in [0.29, 0.717) is 0 Å². The first kappa shape index (κ1) is 14.0. The Kier molecular flexibility index (Phi) is 3.63. The average molecular weight is 264 g/mol. The van der Waals surface area contributed by atoms with Crippen LogP contribution in [0.15, 0.2) is 18.2 Å². The van der Waals surface area contributed by atoms with Gasteiger partial charge in [-0.05, 0) is 41.5 Å². The Balaban J connectivity index is 2.09. The molecule has 4 heteroatoms. The molecule has 1 aromatic rings. The van der Waals surface area contributed by atoms with Crippen LogP contribution in [0.2, 0.25) is 0 Å². The summed E-state index contributed by atoms with van der Waals surface area (Å²) in [5, 5.41) is 2.97. The van der Waals surface area contributed by atoms with Gasteiger partial charge >= 0.3 is 0 Å². The number of nitrogens with one attached hydrogen (secondary N) is 1. The van der Waals surface area contributed by atoms with Crippen molar-refractivity contribution in [2.45, 2.75) is 45.7 Å². The van der Waals surface area contributed by atoms with Crippen molar-refractivity contribution in [3.8, 4) is 0 Å². The van der Waals surface area contributed by atoms with Crippen LogP contribution in [-0.2, 0) is 11.2 Å². The number of benzene rings is 1. The zero-order chi connectivity index (χ0) is 14.2. The highest BCUT2D eigenvalue weighted by atomic mass is 19.1. The van der Waals surface area contributed by atoms with Crippen molar-refractivity contribution < 1.29 is 9.18 Å². The lowest BCUT2D eigenvalue weighted by Crippen LogP contribution is -2.49. The molecule has 0 heterocycles. The van der Waals surface area contributed by atoms with Gasteiger partial charge in [-0.1, -0.05) is 26.8 Å². The van der Waals surface area contributed by atoms with Gasteiger partial charge in [-0.2, -0.15) is 0 Å². The van der Waals surface area contributed by atoms with E-state index in [-0.39, 0.29) is 23.2 Å². The lowest BCUT2D eigenvalue weighted by molar-refractivity contribution is -0.125. The maximum absolute atomic E-state index is 13.1. The van der Waals surface area contributed by atoms with Gasteiger partial charge in [0.1, 0.15) is 5.82 Å². The van der Waals surface area contributed by atoms with E-state index in [0.717, 1.165) is 24.0 Å². The minimum Gasteiger partial charge on any atom is -0.348 e. The molecule has 104 valence electrons. The van der Waals surface area contributed by atoms with Crippen LogP contribution >= 0.6 is 0 Å². The van der Waals surface area contributed by atoms with Crippen molar-refractivity contribution in [1.82, 2.24) is 5.32 Å². The molecule has 2 atom stereocenters. The van der Waals surface area contributed by atoms with Gasteiger partial charge in [0.05, 0.1) is 12.1 Å². The summed E-state index contributed by atoms with van der Waals surface area (Å²) in [4.78, 5) is 12.1. The molecular formula is C15H21FN2O. The van der Waals surface area contributed by atoms with Crippen LogP contribution in [0.5, 0.6) is 0 Å². The smallest absolute Gasteiger partial charge is 0.237 e. The maximum Gasteiger partial charge on any atom is 0.237 e. The number of fused-ring (bicyclic) bond motifs is 1. The van der Waals surface area contributed by atoms with Crippen molar-refractivity contribution in [1.29, 1.82) is 0 Å². The summed E-state index contributed by atoms with van der Waals surface area (Å²) < 4.78 is 13.1. The van der Waals surface area contributed by atoms with E-state index in [2.05, 4.69) is 5.32 Å². The van der Waals surface area contributed by atoms with Crippen LogP contribution in [0.1, 0.15) is 44.4 Å². The van der Waals surface area contributed by atoms with Gasteiger partial charge in [0, 0.05) is 0 Å². The fourth-order valence-electron chi connectivity index (χ4n) is 2.39. The first-order valence-electron chi connectivity index (χ1n) is 6.63. The molecule has 0 aliphatic heterocycles. The summed E-state index contributed by atoms with van der Waals surface area (Å²) in [6.45, 7) is 5.82. The van der Waals surface area contributed by atoms with E-state index in [1.54, 1.807) is 12.1 Å². The zero-order valence-corrected chi connectivity index (χ0v) is 11.7. The molecule has 2 rings (SSSR count). The van der Waals surface area contributed by atoms with Gasteiger partial charge in [0.15, 0.2) is 0 Å². The molecule has 0 radical (unpaired) electrons. The Labute approximate surface area is 113 Å². The molecule has 0 aromatic heterocycles. The number of nitrogens with two attached hydrogens (primary N) is 1. The molecule has 3 nitrogen and oxygen atoms in total. The van der Waals surface area contributed by atoms with E-state index in [9.17, 15) is 9.18 Å². The first-order chi connectivity index (χ1) is 8.79. The van der Waals surface area contributed by atoms with E-state index in [1.165, 1.54) is 6.07 Å². The molecule has 0 saturated carbocycles. The topological polar surface area (TPSA) is 55.1 Å². The highest BCUT2D eigenvalue weighted by Gasteiger charge is 2.31. The minimum absolute atomic E-state index is 0.0449.